The van der Waals surface area contributed by atoms with Gasteiger partial charge < -0.3 is 5.32 Å². The highest BCUT2D eigenvalue weighted by Gasteiger charge is 2.44. The average molecular weight is 271 g/mol. The Morgan fingerprint density at radius 1 is 1.21 bits per heavy atom. The molecule has 2 aromatic rings. The maximum Gasteiger partial charge on any atom is 0.0202 e. The third-order valence-electron chi connectivity index (χ3n) is 4.63. The number of hydrogen-bond donors (Lipinski definition) is 1. The van der Waals surface area contributed by atoms with Gasteiger partial charge in [0.2, 0.25) is 0 Å². The molecule has 0 bridgehead atoms. The lowest BCUT2D eigenvalue weighted by molar-refractivity contribution is 0.174. The average Bonchev–Trinajstić information content (AvgIpc) is 2.90. The Labute approximate surface area is 119 Å². The molecule has 1 atom stereocenters. The number of nitrogens with one attached hydrogen (secondary N) is 1. The fraction of sp³-hybridized carbons (Fsp3) is 0.412. The van der Waals surface area contributed by atoms with E-state index in [9.17, 15) is 0 Å². The quantitative estimate of drug-likeness (QED) is 0.866. The molecule has 1 nitrogen and oxygen atoms in total. The van der Waals surface area contributed by atoms with Crippen molar-refractivity contribution < 1.29 is 0 Å². The summed E-state index contributed by atoms with van der Waals surface area (Å²) in [7, 11) is 2.11. The molecule has 1 aromatic heterocycles. The fourth-order valence-electron chi connectivity index (χ4n) is 3.38. The van der Waals surface area contributed by atoms with Gasteiger partial charge in [0.15, 0.2) is 0 Å². The Kier molecular flexibility index (Phi) is 3.72. The van der Waals surface area contributed by atoms with E-state index in [0.29, 0.717) is 11.5 Å². The molecule has 1 aliphatic carbocycles. The maximum absolute atomic E-state index is 3.59. The molecular formula is C17H21NS. The van der Waals surface area contributed by atoms with Crippen LogP contribution < -0.4 is 5.32 Å². The molecule has 1 saturated carbocycles. The van der Waals surface area contributed by atoms with Crippen molar-refractivity contribution in [1.82, 2.24) is 5.32 Å². The van der Waals surface area contributed by atoms with Gasteiger partial charge in [0.25, 0.3) is 0 Å². The molecule has 0 amide bonds. The predicted molar refractivity (Wildman–Crippen MR) is 82.8 cm³/mol. The molecule has 100 valence electrons. The minimum atomic E-state index is 0.345. The third kappa shape index (κ3) is 2.35. The second-order valence-corrected chi connectivity index (χ2v) is 6.33. The number of rotatable bonds is 5. The Hall–Kier alpha value is -1.12. The molecule has 0 spiro atoms. The largest absolute Gasteiger partial charge is 0.316 e. The van der Waals surface area contributed by atoms with Crippen LogP contribution in [0.4, 0.5) is 0 Å². The van der Waals surface area contributed by atoms with E-state index in [0.717, 1.165) is 6.42 Å². The van der Waals surface area contributed by atoms with Gasteiger partial charge in [0.1, 0.15) is 0 Å². The summed E-state index contributed by atoms with van der Waals surface area (Å²) in [5.41, 5.74) is 3.32. The maximum atomic E-state index is 3.59. The van der Waals surface area contributed by atoms with Gasteiger partial charge >= 0.3 is 0 Å². The molecule has 1 aromatic carbocycles. The van der Waals surface area contributed by atoms with Crippen LogP contribution in [0.3, 0.4) is 0 Å². The molecule has 19 heavy (non-hydrogen) atoms. The molecule has 2 heteroatoms. The molecule has 1 N–H and O–H groups in total. The monoisotopic (exact) mass is 271 g/mol. The number of benzene rings is 1. The number of thiophene rings is 1. The normalized spacial score (nSPS) is 18.8. The first-order valence-electron chi connectivity index (χ1n) is 7.09. The highest BCUT2D eigenvalue weighted by Crippen LogP contribution is 2.47. The van der Waals surface area contributed by atoms with Crippen molar-refractivity contribution >= 4 is 11.3 Å². The predicted octanol–water partition coefficient (Wildman–Crippen LogP) is 4.00. The fourth-order valence-corrected chi connectivity index (χ4v) is 4.07. The number of hydrogen-bond acceptors (Lipinski definition) is 2. The Bertz CT molecular complexity index is 499. The van der Waals surface area contributed by atoms with Gasteiger partial charge in [-0.1, -0.05) is 36.8 Å². The lowest BCUT2D eigenvalue weighted by atomic mass is 9.59. The highest BCUT2D eigenvalue weighted by molar-refractivity contribution is 7.07. The van der Waals surface area contributed by atoms with Gasteiger partial charge in [-0.15, -0.1) is 0 Å². The van der Waals surface area contributed by atoms with Crippen LogP contribution in [0, 0.1) is 0 Å². The van der Waals surface area contributed by atoms with Crippen LogP contribution in [-0.4, -0.2) is 13.1 Å². The second-order valence-electron chi connectivity index (χ2n) is 5.55. The standard InChI is InChI=1S/C17H21NS/c1-18-16(12-14-8-11-19-13-14)17(9-5-10-17)15-6-3-2-4-7-15/h2-4,6-8,11,13,16,18H,5,9-10,12H2,1H3. The Balaban J connectivity index is 1.87. The van der Waals surface area contributed by atoms with E-state index in [1.807, 2.05) is 0 Å². The molecule has 3 rings (SSSR count). The van der Waals surface area contributed by atoms with E-state index in [1.54, 1.807) is 11.3 Å². The zero-order valence-corrected chi connectivity index (χ0v) is 12.2. The van der Waals surface area contributed by atoms with E-state index in [1.165, 1.54) is 30.4 Å². The summed E-state index contributed by atoms with van der Waals surface area (Å²) in [6.45, 7) is 0. The summed E-state index contributed by atoms with van der Waals surface area (Å²) in [4.78, 5) is 0. The molecule has 0 aliphatic heterocycles. The van der Waals surface area contributed by atoms with Crippen LogP contribution in [0.5, 0.6) is 0 Å². The van der Waals surface area contributed by atoms with Crippen molar-refractivity contribution in [2.75, 3.05) is 7.05 Å². The summed E-state index contributed by atoms with van der Waals surface area (Å²) in [5, 5.41) is 8.04. The van der Waals surface area contributed by atoms with Crippen LogP contribution >= 0.6 is 11.3 Å². The van der Waals surface area contributed by atoms with Gasteiger partial charge in [0.05, 0.1) is 0 Å². The molecule has 1 aliphatic rings. The van der Waals surface area contributed by atoms with Gasteiger partial charge in [-0.3, -0.25) is 0 Å². The highest BCUT2D eigenvalue weighted by atomic mass is 32.1. The van der Waals surface area contributed by atoms with Gasteiger partial charge in [-0.25, -0.2) is 0 Å². The SMILES string of the molecule is CNC(Cc1ccsc1)C1(c2ccccc2)CCC1. The van der Waals surface area contributed by atoms with Crippen molar-refractivity contribution in [3.8, 4) is 0 Å². The summed E-state index contributed by atoms with van der Waals surface area (Å²) in [6, 6.07) is 13.9. The number of likely N-dealkylation sites (N-methyl/N-ethyl adjacent to an activating group) is 1. The molecular weight excluding hydrogens is 250 g/mol. The van der Waals surface area contributed by atoms with E-state index < -0.39 is 0 Å². The molecule has 0 radical (unpaired) electrons. The van der Waals surface area contributed by atoms with Crippen LogP contribution in [0.15, 0.2) is 47.2 Å². The minimum Gasteiger partial charge on any atom is -0.316 e. The van der Waals surface area contributed by atoms with Gasteiger partial charge in [-0.2, -0.15) is 11.3 Å². The second kappa shape index (κ2) is 5.48. The molecule has 1 unspecified atom stereocenters. The van der Waals surface area contributed by atoms with Gasteiger partial charge in [-0.05, 0) is 54.3 Å². The summed E-state index contributed by atoms with van der Waals surface area (Å²) >= 11 is 1.80. The van der Waals surface area contributed by atoms with E-state index >= 15 is 0 Å². The lowest BCUT2D eigenvalue weighted by Gasteiger charge is -2.48. The summed E-state index contributed by atoms with van der Waals surface area (Å²) in [6.07, 6.45) is 5.12. The summed E-state index contributed by atoms with van der Waals surface area (Å²) in [5.74, 6) is 0. The van der Waals surface area contributed by atoms with Crippen molar-refractivity contribution in [3.05, 3.63) is 58.3 Å². The van der Waals surface area contributed by atoms with Crippen LogP contribution in [0.25, 0.3) is 0 Å². The first-order valence-corrected chi connectivity index (χ1v) is 8.03. The minimum absolute atomic E-state index is 0.345. The lowest BCUT2D eigenvalue weighted by Crippen LogP contribution is -2.52. The van der Waals surface area contributed by atoms with E-state index in [2.05, 4.69) is 59.5 Å². The van der Waals surface area contributed by atoms with Crippen molar-refractivity contribution in [1.29, 1.82) is 0 Å². The van der Waals surface area contributed by atoms with Crippen LogP contribution in [0.1, 0.15) is 30.4 Å². The van der Waals surface area contributed by atoms with Crippen LogP contribution in [0.2, 0.25) is 0 Å². The molecule has 0 saturated heterocycles. The Morgan fingerprint density at radius 2 is 2.00 bits per heavy atom. The van der Waals surface area contributed by atoms with E-state index in [4.69, 9.17) is 0 Å². The van der Waals surface area contributed by atoms with Crippen molar-refractivity contribution in [2.45, 2.75) is 37.1 Å². The van der Waals surface area contributed by atoms with Crippen LogP contribution in [-0.2, 0) is 11.8 Å². The third-order valence-corrected chi connectivity index (χ3v) is 5.36. The smallest absolute Gasteiger partial charge is 0.0202 e. The van der Waals surface area contributed by atoms with Crippen molar-refractivity contribution in [3.63, 3.8) is 0 Å². The summed E-state index contributed by atoms with van der Waals surface area (Å²) < 4.78 is 0. The first kappa shape index (κ1) is 12.9. The van der Waals surface area contributed by atoms with E-state index in [-0.39, 0.29) is 0 Å². The topological polar surface area (TPSA) is 12.0 Å². The Morgan fingerprint density at radius 3 is 2.53 bits per heavy atom. The van der Waals surface area contributed by atoms with Crippen molar-refractivity contribution in [2.24, 2.45) is 0 Å². The zero-order valence-electron chi connectivity index (χ0n) is 11.4. The first-order chi connectivity index (χ1) is 9.35. The zero-order chi connectivity index (χ0) is 13.1. The molecule has 1 heterocycles. The molecule has 1 fully saturated rings. The van der Waals surface area contributed by atoms with Gasteiger partial charge in [0, 0.05) is 11.5 Å².